The number of methoxy groups -OCH3 is 1. The Bertz CT molecular complexity index is 672. The Hall–Kier alpha value is -1.22. The second-order valence-corrected chi connectivity index (χ2v) is 7.82. The molecule has 0 aromatic heterocycles. The molecule has 0 aliphatic rings. The molecule has 1 N–H and O–H groups in total. The maximum atomic E-state index is 13.1. The predicted octanol–water partition coefficient (Wildman–Crippen LogP) is 2.11. The van der Waals surface area contributed by atoms with Gasteiger partial charge in [-0.25, -0.2) is 12.8 Å². The van der Waals surface area contributed by atoms with Crippen molar-refractivity contribution in [3.63, 3.8) is 0 Å². The normalized spacial score (nSPS) is 13.7. The van der Waals surface area contributed by atoms with E-state index in [9.17, 15) is 17.6 Å². The van der Waals surface area contributed by atoms with E-state index in [2.05, 4.69) is 9.46 Å². The van der Waals surface area contributed by atoms with Gasteiger partial charge in [-0.1, -0.05) is 11.6 Å². The summed E-state index contributed by atoms with van der Waals surface area (Å²) in [5, 5.41) is -0.339. The number of rotatable bonds is 6. The third-order valence-corrected chi connectivity index (χ3v) is 4.43. The number of carbonyl (C=O) groups excluding carboxylic acids is 1. The molecule has 0 bridgehead atoms. The van der Waals surface area contributed by atoms with Gasteiger partial charge in [0.05, 0.1) is 29.2 Å². The summed E-state index contributed by atoms with van der Waals surface area (Å²) >= 11 is 5.58. The SMILES string of the molecule is COC(=O)C(COC(C)(C)C)NS(=O)(=O)c1ccc(F)c(Cl)c1. The van der Waals surface area contributed by atoms with Crippen molar-refractivity contribution in [2.24, 2.45) is 0 Å². The first kappa shape index (κ1) is 19.8. The molecule has 1 unspecified atom stereocenters. The van der Waals surface area contributed by atoms with Gasteiger partial charge in [-0.2, -0.15) is 4.72 Å². The van der Waals surface area contributed by atoms with E-state index in [-0.39, 0.29) is 16.5 Å². The number of benzene rings is 1. The van der Waals surface area contributed by atoms with Crippen LogP contribution in [-0.2, 0) is 24.3 Å². The largest absolute Gasteiger partial charge is 0.468 e. The lowest BCUT2D eigenvalue weighted by Gasteiger charge is -2.23. The Kier molecular flexibility index (Phi) is 6.52. The Morgan fingerprint density at radius 2 is 2.00 bits per heavy atom. The van der Waals surface area contributed by atoms with Gasteiger partial charge in [-0.3, -0.25) is 4.79 Å². The molecule has 0 aliphatic heterocycles. The lowest BCUT2D eigenvalue weighted by Crippen LogP contribution is -2.46. The van der Waals surface area contributed by atoms with E-state index in [1.165, 1.54) is 0 Å². The molecule has 1 rings (SSSR count). The van der Waals surface area contributed by atoms with Crippen LogP contribution in [0.4, 0.5) is 4.39 Å². The Labute approximate surface area is 140 Å². The van der Waals surface area contributed by atoms with Crippen LogP contribution in [0.2, 0.25) is 5.02 Å². The summed E-state index contributed by atoms with van der Waals surface area (Å²) in [6.07, 6.45) is 0. The summed E-state index contributed by atoms with van der Waals surface area (Å²) in [5.41, 5.74) is -0.573. The molecule has 9 heteroatoms. The second kappa shape index (κ2) is 7.57. The molecule has 23 heavy (non-hydrogen) atoms. The van der Waals surface area contributed by atoms with Crippen LogP contribution in [-0.4, -0.2) is 39.7 Å². The summed E-state index contributed by atoms with van der Waals surface area (Å²) in [6.45, 7) is 5.06. The molecule has 0 saturated carbocycles. The fraction of sp³-hybridized carbons (Fsp3) is 0.500. The molecule has 6 nitrogen and oxygen atoms in total. The van der Waals surface area contributed by atoms with Crippen molar-refractivity contribution in [1.82, 2.24) is 4.72 Å². The fourth-order valence-corrected chi connectivity index (χ4v) is 2.97. The number of sulfonamides is 1. The molecule has 0 spiro atoms. The lowest BCUT2D eigenvalue weighted by atomic mass is 10.2. The highest BCUT2D eigenvalue weighted by Gasteiger charge is 2.28. The van der Waals surface area contributed by atoms with E-state index in [0.29, 0.717) is 0 Å². The van der Waals surface area contributed by atoms with Crippen LogP contribution in [0.15, 0.2) is 23.1 Å². The van der Waals surface area contributed by atoms with Crippen LogP contribution in [0.25, 0.3) is 0 Å². The monoisotopic (exact) mass is 367 g/mol. The van der Waals surface area contributed by atoms with Crippen LogP contribution < -0.4 is 4.72 Å². The minimum Gasteiger partial charge on any atom is -0.468 e. The van der Waals surface area contributed by atoms with Gasteiger partial charge in [-0.15, -0.1) is 0 Å². The average Bonchev–Trinajstić information content (AvgIpc) is 2.44. The Morgan fingerprint density at radius 3 is 2.48 bits per heavy atom. The summed E-state index contributed by atoms with van der Waals surface area (Å²) in [6, 6.07) is 1.68. The average molecular weight is 368 g/mol. The van der Waals surface area contributed by atoms with Crippen LogP contribution in [0.3, 0.4) is 0 Å². The molecule has 0 fully saturated rings. The molecule has 0 amide bonds. The van der Waals surface area contributed by atoms with Crippen molar-refractivity contribution in [1.29, 1.82) is 0 Å². The van der Waals surface area contributed by atoms with Gasteiger partial charge in [0.2, 0.25) is 10.0 Å². The third kappa shape index (κ3) is 6.06. The topological polar surface area (TPSA) is 81.7 Å². The van der Waals surface area contributed by atoms with Crippen LogP contribution in [0, 0.1) is 5.82 Å². The predicted molar refractivity (Wildman–Crippen MR) is 83.2 cm³/mol. The van der Waals surface area contributed by atoms with Crippen molar-refractivity contribution < 1.29 is 27.1 Å². The number of carbonyl (C=O) groups is 1. The summed E-state index contributed by atoms with van der Waals surface area (Å²) < 4.78 is 49.9. The number of hydrogen-bond donors (Lipinski definition) is 1. The van der Waals surface area contributed by atoms with E-state index in [1.54, 1.807) is 20.8 Å². The number of esters is 1. The first-order chi connectivity index (χ1) is 10.5. The number of halogens is 2. The molecule has 1 aromatic carbocycles. The highest BCUT2D eigenvalue weighted by Crippen LogP contribution is 2.20. The maximum Gasteiger partial charge on any atom is 0.326 e. The van der Waals surface area contributed by atoms with Crippen LogP contribution >= 0.6 is 11.6 Å². The zero-order chi connectivity index (χ0) is 17.8. The van der Waals surface area contributed by atoms with Gasteiger partial charge in [0, 0.05) is 0 Å². The highest BCUT2D eigenvalue weighted by atomic mass is 35.5. The number of ether oxygens (including phenoxy) is 2. The molecular formula is C14H19ClFNO5S. The first-order valence-corrected chi connectivity index (χ1v) is 8.51. The fourth-order valence-electron chi connectivity index (χ4n) is 1.53. The van der Waals surface area contributed by atoms with Crippen molar-refractivity contribution in [2.75, 3.05) is 13.7 Å². The van der Waals surface area contributed by atoms with Crippen molar-refractivity contribution in [3.05, 3.63) is 29.0 Å². The van der Waals surface area contributed by atoms with E-state index < -0.39 is 33.5 Å². The second-order valence-electron chi connectivity index (χ2n) is 5.70. The summed E-state index contributed by atoms with van der Waals surface area (Å²) in [4.78, 5) is 11.5. The van der Waals surface area contributed by atoms with Gasteiger partial charge < -0.3 is 9.47 Å². The zero-order valence-electron chi connectivity index (χ0n) is 13.2. The van der Waals surface area contributed by atoms with Crippen molar-refractivity contribution >= 4 is 27.6 Å². The molecule has 0 heterocycles. The minimum atomic E-state index is -4.10. The van der Waals surface area contributed by atoms with E-state index in [0.717, 1.165) is 25.3 Å². The Morgan fingerprint density at radius 1 is 1.39 bits per heavy atom. The molecule has 0 aliphatic carbocycles. The highest BCUT2D eigenvalue weighted by molar-refractivity contribution is 7.89. The summed E-state index contributed by atoms with van der Waals surface area (Å²) in [7, 11) is -2.97. The molecule has 130 valence electrons. The summed E-state index contributed by atoms with van der Waals surface area (Å²) in [5.74, 6) is -1.54. The van der Waals surface area contributed by atoms with Crippen LogP contribution in [0.1, 0.15) is 20.8 Å². The van der Waals surface area contributed by atoms with E-state index >= 15 is 0 Å². The zero-order valence-corrected chi connectivity index (χ0v) is 14.8. The maximum absolute atomic E-state index is 13.1. The van der Waals surface area contributed by atoms with E-state index in [1.807, 2.05) is 0 Å². The quantitative estimate of drug-likeness (QED) is 0.779. The van der Waals surface area contributed by atoms with Gasteiger partial charge in [0.1, 0.15) is 11.9 Å². The Balaban J connectivity index is 3.00. The molecular weight excluding hydrogens is 349 g/mol. The minimum absolute atomic E-state index is 0.218. The standard InChI is InChI=1S/C14H19ClFNO5S/c1-14(2,3)22-8-12(13(18)21-4)17-23(19,20)9-5-6-11(16)10(15)7-9/h5-7,12,17H,8H2,1-4H3. The van der Waals surface area contributed by atoms with Gasteiger partial charge >= 0.3 is 5.97 Å². The molecule has 1 atom stereocenters. The van der Waals surface area contributed by atoms with Crippen molar-refractivity contribution in [2.45, 2.75) is 37.3 Å². The van der Waals surface area contributed by atoms with Crippen molar-refractivity contribution in [3.8, 4) is 0 Å². The number of nitrogens with one attached hydrogen (secondary N) is 1. The number of hydrogen-bond acceptors (Lipinski definition) is 5. The van der Waals surface area contributed by atoms with Gasteiger partial charge in [0.15, 0.2) is 0 Å². The molecule has 0 saturated heterocycles. The molecule has 1 aromatic rings. The van der Waals surface area contributed by atoms with E-state index in [4.69, 9.17) is 16.3 Å². The van der Waals surface area contributed by atoms with Gasteiger partial charge in [-0.05, 0) is 39.0 Å². The lowest BCUT2D eigenvalue weighted by molar-refractivity contribution is -0.145. The first-order valence-electron chi connectivity index (χ1n) is 6.65. The van der Waals surface area contributed by atoms with Crippen LogP contribution in [0.5, 0.6) is 0 Å². The third-order valence-electron chi connectivity index (χ3n) is 2.67. The molecule has 0 radical (unpaired) electrons. The van der Waals surface area contributed by atoms with Gasteiger partial charge in [0.25, 0.3) is 0 Å². The smallest absolute Gasteiger partial charge is 0.326 e.